The lowest BCUT2D eigenvalue weighted by atomic mass is 9.70. The Hall–Kier alpha value is -3.68. The molecule has 0 radical (unpaired) electrons. The maximum absolute atomic E-state index is 3.72. The van der Waals surface area contributed by atoms with Crippen LogP contribution in [0.15, 0.2) is 108 Å². The van der Waals surface area contributed by atoms with Gasteiger partial charge in [-0.1, -0.05) is 115 Å². The van der Waals surface area contributed by atoms with Gasteiger partial charge in [0.1, 0.15) is 0 Å². The standard InChI is InChI=1S/C35H25Br/c1-35(2)31-20-26(36)17-16-24(31)18-30-32(35)21-29-28(33(30)23-12-7-4-8-13-23)19-25-14-9-15-27(34(25)29)22-10-5-3-6-11-22/h3-21H,1-2H3. The molecule has 5 aromatic carbocycles. The molecule has 7 rings (SSSR count). The molecule has 2 aliphatic carbocycles. The first kappa shape index (κ1) is 21.6. The van der Waals surface area contributed by atoms with Crippen LogP contribution in [-0.4, -0.2) is 0 Å². The van der Waals surface area contributed by atoms with Crippen LogP contribution in [0.25, 0.3) is 34.4 Å². The Bertz CT molecular complexity index is 1900. The summed E-state index contributed by atoms with van der Waals surface area (Å²) in [4.78, 5) is 0. The predicted octanol–water partition coefficient (Wildman–Crippen LogP) is 7.68. The Morgan fingerprint density at radius 2 is 1.36 bits per heavy atom. The van der Waals surface area contributed by atoms with Crippen LogP contribution in [0, 0.1) is 10.4 Å². The summed E-state index contributed by atoms with van der Waals surface area (Å²) in [5, 5.41) is 5.31. The van der Waals surface area contributed by atoms with Crippen LogP contribution in [0.1, 0.15) is 36.1 Å². The van der Waals surface area contributed by atoms with E-state index in [0.717, 1.165) is 4.47 Å². The smallest absolute Gasteiger partial charge is 0.0178 e. The van der Waals surface area contributed by atoms with E-state index in [2.05, 4.69) is 145 Å². The van der Waals surface area contributed by atoms with Gasteiger partial charge in [-0.25, -0.2) is 0 Å². The summed E-state index contributed by atoms with van der Waals surface area (Å²) in [6.07, 6.45) is 4.80. The Kier molecular flexibility index (Phi) is 4.75. The largest absolute Gasteiger partial charge is 0.0622 e. The lowest BCUT2D eigenvalue weighted by Crippen LogP contribution is -2.33. The fourth-order valence-electron chi connectivity index (χ4n) is 6.15. The van der Waals surface area contributed by atoms with Crippen molar-refractivity contribution in [2.75, 3.05) is 0 Å². The van der Waals surface area contributed by atoms with E-state index in [1.54, 1.807) is 0 Å². The molecule has 0 fully saturated rings. The second-order valence-electron chi connectivity index (χ2n) is 10.3. The number of benzene rings is 5. The average Bonchev–Trinajstić information content (AvgIpc) is 3.28. The first-order chi connectivity index (χ1) is 17.5. The van der Waals surface area contributed by atoms with Crippen LogP contribution in [0.4, 0.5) is 0 Å². The molecule has 0 atom stereocenters. The summed E-state index contributed by atoms with van der Waals surface area (Å²) in [5.41, 5.74) is 10.4. The molecule has 5 aromatic rings. The fraction of sp³-hybridized carbons (Fsp3) is 0.0857. The Morgan fingerprint density at radius 1 is 0.639 bits per heavy atom. The molecule has 1 heteroatoms. The molecule has 2 aliphatic rings. The van der Waals surface area contributed by atoms with Gasteiger partial charge in [-0.15, -0.1) is 0 Å². The van der Waals surface area contributed by atoms with E-state index < -0.39 is 0 Å². The molecule has 0 aliphatic heterocycles. The summed E-state index contributed by atoms with van der Waals surface area (Å²) < 4.78 is 1.13. The highest BCUT2D eigenvalue weighted by molar-refractivity contribution is 9.10. The molecular weight excluding hydrogens is 500 g/mol. The van der Waals surface area contributed by atoms with Crippen LogP contribution >= 0.6 is 15.9 Å². The second-order valence-corrected chi connectivity index (χ2v) is 11.2. The highest BCUT2D eigenvalue weighted by Gasteiger charge is 2.32. The van der Waals surface area contributed by atoms with Crippen molar-refractivity contribution in [3.05, 3.63) is 151 Å². The van der Waals surface area contributed by atoms with E-state index in [9.17, 15) is 0 Å². The van der Waals surface area contributed by atoms with E-state index in [1.165, 1.54) is 65.4 Å². The highest BCUT2D eigenvalue weighted by atomic mass is 79.9. The minimum absolute atomic E-state index is 0.133. The number of fused-ring (bicyclic) bond motifs is 4. The highest BCUT2D eigenvalue weighted by Crippen LogP contribution is 2.40. The molecule has 0 saturated heterocycles. The maximum Gasteiger partial charge on any atom is 0.0178 e. The summed E-state index contributed by atoms with van der Waals surface area (Å²) in [6, 6.07) is 37.6. The summed E-state index contributed by atoms with van der Waals surface area (Å²) in [5.74, 6) is 0. The minimum Gasteiger partial charge on any atom is -0.0622 e. The number of hydrogen-bond donors (Lipinski definition) is 0. The molecular formula is C35H25Br. The fourth-order valence-corrected chi connectivity index (χ4v) is 6.52. The molecule has 0 spiro atoms. The molecule has 0 bridgehead atoms. The zero-order valence-electron chi connectivity index (χ0n) is 20.3. The lowest BCUT2D eigenvalue weighted by Gasteiger charge is -2.33. The van der Waals surface area contributed by atoms with Crippen molar-refractivity contribution in [1.82, 2.24) is 0 Å². The van der Waals surface area contributed by atoms with E-state index in [4.69, 9.17) is 0 Å². The molecule has 172 valence electrons. The third kappa shape index (κ3) is 3.13. The van der Waals surface area contributed by atoms with Crippen molar-refractivity contribution in [1.29, 1.82) is 0 Å². The lowest BCUT2D eigenvalue weighted by molar-refractivity contribution is 0.629. The second kappa shape index (κ2) is 7.91. The van der Waals surface area contributed by atoms with Crippen LogP contribution < -0.4 is 10.4 Å². The van der Waals surface area contributed by atoms with Crippen LogP contribution in [0.3, 0.4) is 0 Å². The zero-order chi connectivity index (χ0) is 24.4. The van der Waals surface area contributed by atoms with Crippen molar-refractivity contribution >= 4 is 28.1 Å². The molecule has 0 nitrogen and oxygen atoms in total. The molecule has 0 N–H and O–H groups in total. The van der Waals surface area contributed by atoms with Crippen molar-refractivity contribution in [2.45, 2.75) is 19.3 Å². The van der Waals surface area contributed by atoms with Gasteiger partial charge in [0.2, 0.25) is 0 Å². The van der Waals surface area contributed by atoms with Crippen molar-refractivity contribution < 1.29 is 0 Å². The van der Waals surface area contributed by atoms with Crippen molar-refractivity contribution in [3.63, 3.8) is 0 Å². The Labute approximate surface area is 219 Å². The van der Waals surface area contributed by atoms with Gasteiger partial charge in [0.05, 0.1) is 0 Å². The van der Waals surface area contributed by atoms with Gasteiger partial charge < -0.3 is 0 Å². The summed E-state index contributed by atoms with van der Waals surface area (Å²) in [6.45, 7) is 4.74. The van der Waals surface area contributed by atoms with Gasteiger partial charge in [-0.2, -0.15) is 0 Å². The first-order valence-electron chi connectivity index (χ1n) is 12.5. The summed E-state index contributed by atoms with van der Waals surface area (Å²) in [7, 11) is 0. The molecule has 0 heterocycles. The van der Waals surface area contributed by atoms with Crippen LogP contribution in [0.2, 0.25) is 0 Å². The van der Waals surface area contributed by atoms with Gasteiger partial charge in [0.25, 0.3) is 0 Å². The third-order valence-corrected chi connectivity index (χ3v) is 8.38. The SMILES string of the molecule is CC1(C)c2cc(Br)ccc2C=c2c1cc1c(c2-c2ccccc2)C=c2cccc(-c3ccccc3)c2=1. The summed E-state index contributed by atoms with van der Waals surface area (Å²) >= 11 is 3.72. The Morgan fingerprint density at radius 3 is 2.11 bits per heavy atom. The predicted molar refractivity (Wildman–Crippen MR) is 154 cm³/mol. The number of rotatable bonds is 2. The van der Waals surface area contributed by atoms with Crippen molar-refractivity contribution in [3.8, 4) is 22.3 Å². The van der Waals surface area contributed by atoms with Gasteiger partial charge in [-0.3, -0.25) is 0 Å². The zero-order valence-corrected chi connectivity index (χ0v) is 21.9. The molecule has 0 unspecified atom stereocenters. The molecule has 0 amide bonds. The molecule has 0 aromatic heterocycles. The topological polar surface area (TPSA) is 0 Å². The monoisotopic (exact) mass is 524 g/mol. The molecule has 36 heavy (non-hydrogen) atoms. The van der Waals surface area contributed by atoms with E-state index >= 15 is 0 Å². The van der Waals surface area contributed by atoms with Gasteiger partial charge in [0, 0.05) is 9.89 Å². The van der Waals surface area contributed by atoms with Gasteiger partial charge in [0.15, 0.2) is 0 Å². The number of halogens is 1. The molecule has 0 saturated carbocycles. The maximum atomic E-state index is 3.72. The minimum atomic E-state index is -0.133. The quantitative estimate of drug-likeness (QED) is 0.218. The first-order valence-corrected chi connectivity index (χ1v) is 13.3. The van der Waals surface area contributed by atoms with E-state index in [-0.39, 0.29) is 5.41 Å². The van der Waals surface area contributed by atoms with E-state index in [0.29, 0.717) is 0 Å². The van der Waals surface area contributed by atoms with Crippen molar-refractivity contribution in [2.24, 2.45) is 0 Å². The van der Waals surface area contributed by atoms with Crippen LogP contribution in [-0.2, 0) is 5.41 Å². The Balaban J connectivity index is 1.71. The average molecular weight is 525 g/mol. The van der Waals surface area contributed by atoms with Crippen LogP contribution in [0.5, 0.6) is 0 Å². The van der Waals surface area contributed by atoms with Gasteiger partial charge >= 0.3 is 0 Å². The third-order valence-electron chi connectivity index (χ3n) is 7.88. The van der Waals surface area contributed by atoms with E-state index in [1.807, 2.05) is 0 Å². The normalized spacial score (nSPS) is 14.1. The number of hydrogen-bond acceptors (Lipinski definition) is 0. The van der Waals surface area contributed by atoms with Gasteiger partial charge in [-0.05, 0) is 95.7 Å².